The van der Waals surface area contributed by atoms with Crippen molar-refractivity contribution in [2.45, 2.75) is 18.9 Å². The summed E-state index contributed by atoms with van der Waals surface area (Å²) < 4.78 is 10.7. The molecule has 7 nitrogen and oxygen atoms in total. The van der Waals surface area contributed by atoms with Crippen LogP contribution in [0.2, 0.25) is 0 Å². The standard InChI is InChI=1S/C19H29N3O4/c1-25-13-10-21-19(24)18(23)20-9-5-6-11-22-12-14-26-17(15-22)16-7-3-2-4-8-16/h2-4,7-8,17H,5-6,9-15H2,1H3,(H,20,23)(H,21,24). The van der Waals surface area contributed by atoms with Crippen molar-refractivity contribution >= 4 is 11.8 Å². The van der Waals surface area contributed by atoms with E-state index in [1.54, 1.807) is 7.11 Å². The number of ether oxygens (including phenoxy) is 2. The van der Waals surface area contributed by atoms with Gasteiger partial charge in [-0.15, -0.1) is 0 Å². The summed E-state index contributed by atoms with van der Waals surface area (Å²) in [5.41, 5.74) is 1.21. The highest BCUT2D eigenvalue weighted by atomic mass is 16.5. The van der Waals surface area contributed by atoms with Crippen LogP contribution in [0.1, 0.15) is 24.5 Å². The van der Waals surface area contributed by atoms with Crippen LogP contribution in [0.3, 0.4) is 0 Å². The zero-order valence-electron chi connectivity index (χ0n) is 15.4. The Morgan fingerprint density at radius 2 is 1.88 bits per heavy atom. The Kier molecular flexibility index (Phi) is 9.09. The van der Waals surface area contributed by atoms with Crippen LogP contribution in [0, 0.1) is 0 Å². The molecule has 0 radical (unpaired) electrons. The van der Waals surface area contributed by atoms with Gasteiger partial charge in [-0.25, -0.2) is 0 Å². The molecule has 0 saturated carbocycles. The summed E-state index contributed by atoms with van der Waals surface area (Å²) in [5, 5.41) is 5.14. The molecule has 1 aromatic rings. The third-order valence-corrected chi connectivity index (χ3v) is 4.31. The summed E-state index contributed by atoms with van der Waals surface area (Å²) >= 11 is 0. The van der Waals surface area contributed by atoms with Gasteiger partial charge in [0.2, 0.25) is 0 Å². The molecule has 1 fully saturated rings. The molecule has 2 N–H and O–H groups in total. The normalized spacial score (nSPS) is 17.7. The Hall–Kier alpha value is -1.96. The van der Waals surface area contributed by atoms with Gasteiger partial charge in [0.15, 0.2) is 0 Å². The van der Waals surface area contributed by atoms with Crippen LogP contribution in [-0.4, -0.2) is 69.8 Å². The minimum Gasteiger partial charge on any atom is -0.383 e. The van der Waals surface area contributed by atoms with E-state index in [9.17, 15) is 9.59 Å². The molecule has 2 rings (SSSR count). The van der Waals surface area contributed by atoms with Crippen molar-refractivity contribution < 1.29 is 19.1 Å². The van der Waals surface area contributed by atoms with Crippen molar-refractivity contribution in [1.82, 2.24) is 15.5 Å². The Morgan fingerprint density at radius 1 is 1.15 bits per heavy atom. The lowest BCUT2D eigenvalue weighted by Crippen LogP contribution is -2.41. The predicted octanol–water partition coefficient (Wildman–Crippen LogP) is 0.719. The van der Waals surface area contributed by atoms with Gasteiger partial charge in [0.1, 0.15) is 0 Å². The molecule has 1 atom stereocenters. The number of carbonyl (C=O) groups excluding carboxylic acids is 2. The zero-order chi connectivity index (χ0) is 18.6. The third-order valence-electron chi connectivity index (χ3n) is 4.31. The van der Waals surface area contributed by atoms with Crippen molar-refractivity contribution in [3.63, 3.8) is 0 Å². The Labute approximate surface area is 155 Å². The van der Waals surface area contributed by atoms with Gasteiger partial charge in [0.25, 0.3) is 0 Å². The predicted molar refractivity (Wildman–Crippen MR) is 98.7 cm³/mol. The number of morpholine rings is 1. The van der Waals surface area contributed by atoms with Gasteiger partial charge < -0.3 is 20.1 Å². The Balaban J connectivity index is 1.58. The Morgan fingerprint density at radius 3 is 2.62 bits per heavy atom. The molecule has 0 aliphatic carbocycles. The smallest absolute Gasteiger partial charge is 0.309 e. The maximum Gasteiger partial charge on any atom is 0.309 e. The molecule has 1 aliphatic rings. The molecule has 7 heteroatoms. The summed E-state index contributed by atoms with van der Waals surface area (Å²) in [6, 6.07) is 10.3. The van der Waals surface area contributed by atoms with E-state index in [1.807, 2.05) is 18.2 Å². The number of hydrogen-bond acceptors (Lipinski definition) is 5. The molecule has 26 heavy (non-hydrogen) atoms. The molecule has 2 amide bonds. The van der Waals surface area contributed by atoms with Crippen LogP contribution in [0.25, 0.3) is 0 Å². The fraction of sp³-hybridized carbons (Fsp3) is 0.579. The number of unbranched alkanes of at least 4 members (excludes halogenated alkanes) is 1. The van der Waals surface area contributed by atoms with Crippen LogP contribution >= 0.6 is 0 Å². The minimum absolute atomic E-state index is 0.125. The number of amides is 2. The number of nitrogens with one attached hydrogen (secondary N) is 2. The first kappa shape index (κ1) is 20.4. The monoisotopic (exact) mass is 363 g/mol. The van der Waals surface area contributed by atoms with Gasteiger partial charge in [0.05, 0.1) is 19.3 Å². The van der Waals surface area contributed by atoms with E-state index in [2.05, 4.69) is 27.7 Å². The first-order chi connectivity index (χ1) is 12.7. The Bertz CT molecular complexity index is 553. The molecule has 1 aromatic carbocycles. The van der Waals surface area contributed by atoms with Crippen molar-refractivity contribution in [2.24, 2.45) is 0 Å². The fourth-order valence-electron chi connectivity index (χ4n) is 2.86. The minimum atomic E-state index is -0.610. The highest BCUT2D eigenvalue weighted by molar-refractivity contribution is 6.35. The number of carbonyl (C=O) groups is 2. The van der Waals surface area contributed by atoms with Gasteiger partial charge >= 0.3 is 11.8 Å². The molecule has 144 valence electrons. The fourth-order valence-corrected chi connectivity index (χ4v) is 2.86. The van der Waals surface area contributed by atoms with Crippen LogP contribution < -0.4 is 10.6 Å². The van der Waals surface area contributed by atoms with E-state index in [0.29, 0.717) is 19.7 Å². The topological polar surface area (TPSA) is 79.9 Å². The number of benzene rings is 1. The summed E-state index contributed by atoms with van der Waals surface area (Å²) in [5.74, 6) is -1.20. The van der Waals surface area contributed by atoms with Crippen LogP contribution in [0.4, 0.5) is 0 Å². The van der Waals surface area contributed by atoms with E-state index >= 15 is 0 Å². The van der Waals surface area contributed by atoms with E-state index in [0.717, 1.165) is 39.1 Å². The summed E-state index contributed by atoms with van der Waals surface area (Å²) in [6.45, 7) is 4.74. The van der Waals surface area contributed by atoms with Crippen LogP contribution in [0.5, 0.6) is 0 Å². The maximum atomic E-state index is 11.6. The molecule has 0 aromatic heterocycles. The maximum absolute atomic E-state index is 11.6. The van der Waals surface area contributed by atoms with Crippen molar-refractivity contribution in [3.8, 4) is 0 Å². The van der Waals surface area contributed by atoms with Gasteiger partial charge in [-0.05, 0) is 24.9 Å². The average Bonchev–Trinajstić information content (AvgIpc) is 2.68. The SMILES string of the molecule is COCCNC(=O)C(=O)NCCCCN1CCOC(c2ccccc2)C1. The van der Waals surface area contributed by atoms with E-state index in [4.69, 9.17) is 9.47 Å². The van der Waals surface area contributed by atoms with Crippen molar-refractivity contribution in [3.05, 3.63) is 35.9 Å². The second-order valence-electron chi connectivity index (χ2n) is 6.28. The third kappa shape index (κ3) is 7.11. The summed E-state index contributed by atoms with van der Waals surface area (Å²) in [7, 11) is 1.54. The lowest BCUT2D eigenvalue weighted by Gasteiger charge is -2.33. The molecule has 1 heterocycles. The van der Waals surface area contributed by atoms with E-state index in [-0.39, 0.29) is 6.10 Å². The first-order valence-electron chi connectivity index (χ1n) is 9.14. The summed E-state index contributed by atoms with van der Waals surface area (Å²) in [6.07, 6.45) is 1.93. The van der Waals surface area contributed by atoms with Crippen molar-refractivity contribution in [1.29, 1.82) is 0 Å². The first-order valence-corrected chi connectivity index (χ1v) is 9.14. The molecule has 0 bridgehead atoms. The van der Waals surface area contributed by atoms with Crippen LogP contribution in [-0.2, 0) is 19.1 Å². The molecule has 1 saturated heterocycles. The van der Waals surface area contributed by atoms with E-state index in [1.165, 1.54) is 5.56 Å². The molecular formula is C19H29N3O4. The summed E-state index contributed by atoms with van der Waals surface area (Å²) in [4.78, 5) is 25.5. The number of hydrogen-bond donors (Lipinski definition) is 2. The molecule has 1 aliphatic heterocycles. The van der Waals surface area contributed by atoms with Gasteiger partial charge in [-0.2, -0.15) is 0 Å². The molecular weight excluding hydrogens is 334 g/mol. The lowest BCUT2D eigenvalue weighted by atomic mass is 10.1. The lowest BCUT2D eigenvalue weighted by molar-refractivity contribution is -0.139. The second kappa shape index (κ2) is 11.6. The van der Waals surface area contributed by atoms with E-state index < -0.39 is 11.8 Å². The quantitative estimate of drug-likeness (QED) is 0.499. The second-order valence-corrected chi connectivity index (χ2v) is 6.28. The van der Waals surface area contributed by atoms with Gasteiger partial charge in [0, 0.05) is 33.3 Å². The molecule has 0 spiro atoms. The number of rotatable bonds is 9. The highest BCUT2D eigenvalue weighted by Gasteiger charge is 2.21. The van der Waals surface area contributed by atoms with Gasteiger partial charge in [-0.3, -0.25) is 14.5 Å². The van der Waals surface area contributed by atoms with Gasteiger partial charge in [-0.1, -0.05) is 30.3 Å². The average molecular weight is 363 g/mol. The zero-order valence-corrected chi connectivity index (χ0v) is 15.4. The molecule has 1 unspecified atom stereocenters. The number of nitrogens with zero attached hydrogens (tertiary/aromatic N) is 1. The van der Waals surface area contributed by atoms with Crippen LogP contribution in [0.15, 0.2) is 30.3 Å². The van der Waals surface area contributed by atoms with Crippen molar-refractivity contribution in [2.75, 3.05) is 53.0 Å². The number of methoxy groups -OCH3 is 1. The highest BCUT2D eigenvalue weighted by Crippen LogP contribution is 2.21. The largest absolute Gasteiger partial charge is 0.383 e.